The minimum Gasteiger partial charge on any atom is -0.380 e. The molecule has 0 radical (unpaired) electrons. The molecule has 0 unspecified atom stereocenters. The van der Waals surface area contributed by atoms with E-state index in [1.165, 1.54) is 0 Å². The van der Waals surface area contributed by atoms with Crippen LogP contribution in [0.2, 0.25) is 0 Å². The fourth-order valence-corrected chi connectivity index (χ4v) is 2.04. The molecule has 1 heterocycles. The van der Waals surface area contributed by atoms with Gasteiger partial charge >= 0.3 is 0 Å². The Bertz CT molecular complexity index is 185. The molecular weight excluding hydrogens is 230 g/mol. The van der Waals surface area contributed by atoms with Gasteiger partial charge in [0.25, 0.3) is 0 Å². The van der Waals surface area contributed by atoms with Crippen molar-refractivity contribution < 1.29 is 9.47 Å². The van der Waals surface area contributed by atoms with Crippen LogP contribution in [0.25, 0.3) is 0 Å². The smallest absolute Gasteiger partial charge is 0.0594 e. The van der Waals surface area contributed by atoms with Crippen molar-refractivity contribution in [3.8, 4) is 0 Å². The first-order chi connectivity index (χ1) is 8.86. The van der Waals surface area contributed by atoms with Gasteiger partial charge in [0, 0.05) is 52.4 Å². The van der Waals surface area contributed by atoms with E-state index in [-0.39, 0.29) is 0 Å². The zero-order chi connectivity index (χ0) is 13.1. The summed E-state index contributed by atoms with van der Waals surface area (Å²) < 4.78 is 10.9. The second kappa shape index (κ2) is 10.7. The van der Waals surface area contributed by atoms with Crippen molar-refractivity contribution in [2.45, 2.75) is 6.92 Å². The number of ether oxygens (including phenoxy) is 2. The first-order valence-electron chi connectivity index (χ1n) is 7.11. The van der Waals surface area contributed by atoms with Crippen LogP contribution in [0.3, 0.4) is 0 Å². The molecule has 0 amide bonds. The van der Waals surface area contributed by atoms with E-state index in [0.717, 1.165) is 72.2 Å². The molecular formula is C13H29N3O2. The minimum atomic E-state index is 0.810. The Labute approximate surface area is 111 Å². The summed E-state index contributed by atoms with van der Waals surface area (Å²) in [6.07, 6.45) is 0. The van der Waals surface area contributed by atoms with Gasteiger partial charge in [0.1, 0.15) is 0 Å². The third-order valence-electron chi connectivity index (χ3n) is 3.27. The summed E-state index contributed by atoms with van der Waals surface area (Å²) in [4.78, 5) is 4.96. The van der Waals surface area contributed by atoms with E-state index in [1.54, 1.807) is 0 Å². The molecule has 0 aromatic heterocycles. The minimum absolute atomic E-state index is 0.810. The molecule has 0 spiro atoms. The molecule has 1 aliphatic rings. The average Bonchev–Trinajstić information content (AvgIpc) is 2.40. The maximum Gasteiger partial charge on any atom is 0.0594 e. The van der Waals surface area contributed by atoms with Crippen molar-refractivity contribution in [3.63, 3.8) is 0 Å². The van der Waals surface area contributed by atoms with Crippen LogP contribution in [-0.2, 0) is 9.47 Å². The van der Waals surface area contributed by atoms with Gasteiger partial charge < -0.3 is 14.8 Å². The molecule has 0 atom stereocenters. The number of hydrogen-bond donors (Lipinski definition) is 1. The standard InChI is InChI=1S/C13H29N3O2/c1-3-17-12-9-15-5-7-16(8-6-15)10-13-18-11-4-14-2/h14H,3-13H2,1-2H3. The van der Waals surface area contributed by atoms with Crippen molar-refractivity contribution >= 4 is 0 Å². The van der Waals surface area contributed by atoms with Crippen LogP contribution in [0.5, 0.6) is 0 Å². The fourth-order valence-electron chi connectivity index (χ4n) is 2.04. The lowest BCUT2D eigenvalue weighted by Crippen LogP contribution is -2.48. The topological polar surface area (TPSA) is 37.0 Å². The summed E-state index contributed by atoms with van der Waals surface area (Å²) in [6.45, 7) is 13.1. The number of rotatable bonds is 10. The summed E-state index contributed by atoms with van der Waals surface area (Å²) in [6, 6.07) is 0. The van der Waals surface area contributed by atoms with Gasteiger partial charge in [-0.05, 0) is 14.0 Å². The lowest BCUT2D eigenvalue weighted by Gasteiger charge is -2.34. The van der Waals surface area contributed by atoms with E-state index >= 15 is 0 Å². The molecule has 18 heavy (non-hydrogen) atoms. The molecule has 1 rings (SSSR count). The number of piperazine rings is 1. The highest BCUT2D eigenvalue weighted by atomic mass is 16.5. The van der Waals surface area contributed by atoms with E-state index in [0.29, 0.717) is 0 Å². The van der Waals surface area contributed by atoms with Gasteiger partial charge in [-0.3, -0.25) is 9.80 Å². The Kier molecular flexibility index (Phi) is 9.42. The molecule has 5 nitrogen and oxygen atoms in total. The Morgan fingerprint density at radius 1 is 0.889 bits per heavy atom. The first-order valence-corrected chi connectivity index (χ1v) is 7.11. The van der Waals surface area contributed by atoms with E-state index in [1.807, 2.05) is 14.0 Å². The van der Waals surface area contributed by atoms with Gasteiger partial charge in [-0.25, -0.2) is 0 Å². The van der Waals surface area contributed by atoms with Gasteiger partial charge in [0.15, 0.2) is 0 Å². The second-order valence-electron chi connectivity index (χ2n) is 4.60. The number of nitrogens with one attached hydrogen (secondary N) is 1. The van der Waals surface area contributed by atoms with E-state index in [2.05, 4.69) is 15.1 Å². The first kappa shape index (κ1) is 15.9. The zero-order valence-corrected chi connectivity index (χ0v) is 12.0. The maximum atomic E-state index is 5.55. The molecule has 0 aliphatic carbocycles. The predicted molar refractivity (Wildman–Crippen MR) is 74.1 cm³/mol. The van der Waals surface area contributed by atoms with E-state index in [4.69, 9.17) is 9.47 Å². The molecule has 1 saturated heterocycles. The number of likely N-dealkylation sites (N-methyl/N-ethyl adjacent to an activating group) is 1. The van der Waals surface area contributed by atoms with Crippen LogP contribution in [0.4, 0.5) is 0 Å². The van der Waals surface area contributed by atoms with Crippen LogP contribution in [-0.4, -0.2) is 89.1 Å². The van der Waals surface area contributed by atoms with Crippen molar-refractivity contribution in [2.75, 3.05) is 79.3 Å². The van der Waals surface area contributed by atoms with Crippen LogP contribution in [0, 0.1) is 0 Å². The molecule has 0 aromatic rings. The molecule has 1 N–H and O–H groups in total. The SMILES string of the molecule is CCOCCN1CCN(CCOCCNC)CC1. The quantitative estimate of drug-likeness (QED) is 0.554. The van der Waals surface area contributed by atoms with Crippen LogP contribution in [0.1, 0.15) is 6.92 Å². The summed E-state index contributed by atoms with van der Waals surface area (Å²) in [7, 11) is 1.95. The third-order valence-corrected chi connectivity index (χ3v) is 3.27. The Morgan fingerprint density at radius 3 is 1.94 bits per heavy atom. The molecule has 1 aliphatic heterocycles. The van der Waals surface area contributed by atoms with E-state index in [9.17, 15) is 0 Å². The summed E-state index contributed by atoms with van der Waals surface area (Å²) in [5.74, 6) is 0. The normalized spacial score (nSPS) is 18.3. The highest BCUT2D eigenvalue weighted by molar-refractivity contribution is 4.71. The lowest BCUT2D eigenvalue weighted by molar-refractivity contribution is 0.0600. The van der Waals surface area contributed by atoms with Crippen molar-refractivity contribution in [2.24, 2.45) is 0 Å². The Morgan fingerprint density at radius 2 is 1.44 bits per heavy atom. The second-order valence-corrected chi connectivity index (χ2v) is 4.60. The fraction of sp³-hybridized carbons (Fsp3) is 1.00. The highest BCUT2D eigenvalue weighted by Gasteiger charge is 2.15. The van der Waals surface area contributed by atoms with E-state index < -0.39 is 0 Å². The van der Waals surface area contributed by atoms with Gasteiger partial charge in [-0.2, -0.15) is 0 Å². The van der Waals surface area contributed by atoms with Gasteiger partial charge in [0.2, 0.25) is 0 Å². The molecule has 1 fully saturated rings. The molecule has 108 valence electrons. The molecule has 0 bridgehead atoms. The number of hydrogen-bond acceptors (Lipinski definition) is 5. The van der Waals surface area contributed by atoms with Crippen LogP contribution >= 0.6 is 0 Å². The average molecular weight is 259 g/mol. The molecule has 0 aromatic carbocycles. The maximum absolute atomic E-state index is 5.55. The number of nitrogens with zero attached hydrogens (tertiary/aromatic N) is 2. The Balaban J connectivity index is 1.94. The summed E-state index contributed by atoms with van der Waals surface area (Å²) in [5.41, 5.74) is 0. The summed E-state index contributed by atoms with van der Waals surface area (Å²) in [5, 5.41) is 3.08. The predicted octanol–water partition coefficient (Wildman–Crippen LogP) is -0.123. The highest BCUT2D eigenvalue weighted by Crippen LogP contribution is 2.01. The Hall–Kier alpha value is -0.200. The third kappa shape index (κ3) is 7.28. The van der Waals surface area contributed by atoms with Gasteiger partial charge in [-0.15, -0.1) is 0 Å². The monoisotopic (exact) mass is 259 g/mol. The largest absolute Gasteiger partial charge is 0.380 e. The summed E-state index contributed by atoms with van der Waals surface area (Å²) >= 11 is 0. The van der Waals surface area contributed by atoms with Crippen LogP contribution in [0.15, 0.2) is 0 Å². The molecule has 5 heteroatoms. The van der Waals surface area contributed by atoms with Crippen molar-refractivity contribution in [1.82, 2.24) is 15.1 Å². The van der Waals surface area contributed by atoms with Gasteiger partial charge in [0.05, 0.1) is 19.8 Å². The van der Waals surface area contributed by atoms with Gasteiger partial charge in [-0.1, -0.05) is 0 Å². The van der Waals surface area contributed by atoms with Crippen molar-refractivity contribution in [1.29, 1.82) is 0 Å². The zero-order valence-electron chi connectivity index (χ0n) is 12.0. The lowest BCUT2D eigenvalue weighted by atomic mass is 10.3. The van der Waals surface area contributed by atoms with Crippen molar-refractivity contribution in [3.05, 3.63) is 0 Å². The van der Waals surface area contributed by atoms with Crippen LogP contribution < -0.4 is 5.32 Å². The molecule has 0 saturated carbocycles.